The standard InChI is InChI=1S/C18H23N3O5/c1-18(2)25-16-15(23-11-12-6-4-3-5-7-12)14(24-17(16)26-18)9-21-8-13(10-22)19-20-21/h3-8,14-17,22H,9-11H2,1-2H3/t14-,15+,16-,17-/m1/s1. The van der Waals surface area contributed by atoms with Gasteiger partial charge in [0.2, 0.25) is 0 Å². The van der Waals surface area contributed by atoms with E-state index in [1.807, 2.05) is 44.2 Å². The lowest BCUT2D eigenvalue weighted by Crippen LogP contribution is -2.38. The Morgan fingerprint density at radius 3 is 2.77 bits per heavy atom. The van der Waals surface area contributed by atoms with Crippen molar-refractivity contribution in [2.24, 2.45) is 0 Å². The summed E-state index contributed by atoms with van der Waals surface area (Å²) in [6, 6.07) is 9.97. The number of aromatic nitrogens is 3. The van der Waals surface area contributed by atoms with Gasteiger partial charge in [0.25, 0.3) is 0 Å². The monoisotopic (exact) mass is 361 g/mol. The molecule has 8 heteroatoms. The third-order valence-corrected chi connectivity index (χ3v) is 4.49. The van der Waals surface area contributed by atoms with Crippen molar-refractivity contribution < 1.29 is 24.1 Å². The molecule has 0 radical (unpaired) electrons. The fourth-order valence-electron chi connectivity index (χ4n) is 3.35. The number of benzene rings is 1. The van der Waals surface area contributed by atoms with E-state index in [1.54, 1.807) is 10.9 Å². The maximum atomic E-state index is 9.15. The Bertz CT molecular complexity index is 735. The summed E-state index contributed by atoms with van der Waals surface area (Å²) in [5.74, 6) is -0.702. The molecule has 140 valence electrons. The van der Waals surface area contributed by atoms with Gasteiger partial charge in [0.15, 0.2) is 12.1 Å². The highest BCUT2D eigenvalue weighted by Gasteiger charge is 2.55. The van der Waals surface area contributed by atoms with Crippen LogP contribution in [-0.2, 0) is 38.7 Å². The Balaban J connectivity index is 1.48. The summed E-state index contributed by atoms with van der Waals surface area (Å²) in [7, 11) is 0. The molecular formula is C18H23N3O5. The van der Waals surface area contributed by atoms with Gasteiger partial charge in [-0.1, -0.05) is 35.5 Å². The number of rotatable bonds is 6. The van der Waals surface area contributed by atoms with Crippen LogP contribution in [0.4, 0.5) is 0 Å². The van der Waals surface area contributed by atoms with Gasteiger partial charge < -0.3 is 24.1 Å². The Kier molecular flexibility index (Phi) is 4.76. The van der Waals surface area contributed by atoms with Crippen molar-refractivity contribution >= 4 is 0 Å². The second-order valence-corrected chi connectivity index (χ2v) is 6.99. The molecule has 0 aliphatic carbocycles. The minimum absolute atomic E-state index is 0.148. The maximum Gasteiger partial charge on any atom is 0.190 e. The van der Waals surface area contributed by atoms with Gasteiger partial charge in [-0.15, -0.1) is 5.10 Å². The highest BCUT2D eigenvalue weighted by molar-refractivity contribution is 5.13. The zero-order chi connectivity index (χ0) is 18.1. The summed E-state index contributed by atoms with van der Waals surface area (Å²) in [4.78, 5) is 0. The maximum absolute atomic E-state index is 9.15. The van der Waals surface area contributed by atoms with E-state index in [1.165, 1.54) is 0 Å². The van der Waals surface area contributed by atoms with Crippen molar-refractivity contribution in [3.05, 3.63) is 47.8 Å². The van der Waals surface area contributed by atoms with Crippen LogP contribution in [0, 0.1) is 0 Å². The number of aliphatic hydroxyl groups is 1. The minimum Gasteiger partial charge on any atom is -0.390 e. The highest BCUT2D eigenvalue weighted by atomic mass is 16.8. The van der Waals surface area contributed by atoms with Crippen LogP contribution in [0.5, 0.6) is 0 Å². The zero-order valence-electron chi connectivity index (χ0n) is 14.8. The van der Waals surface area contributed by atoms with E-state index in [0.29, 0.717) is 18.8 Å². The van der Waals surface area contributed by atoms with Crippen LogP contribution in [0.25, 0.3) is 0 Å². The lowest BCUT2D eigenvalue weighted by atomic mass is 10.1. The SMILES string of the molecule is CC1(C)O[C@H]2O[C@H](Cn3cc(CO)nn3)[C@H](OCc3ccccc3)[C@H]2O1. The fraction of sp³-hybridized carbons (Fsp3) is 0.556. The van der Waals surface area contributed by atoms with E-state index in [2.05, 4.69) is 10.3 Å². The van der Waals surface area contributed by atoms with E-state index in [4.69, 9.17) is 24.1 Å². The number of hydrogen-bond donors (Lipinski definition) is 1. The molecule has 0 saturated carbocycles. The molecule has 8 nitrogen and oxygen atoms in total. The molecule has 4 rings (SSSR count). The molecule has 2 aliphatic heterocycles. The highest BCUT2D eigenvalue weighted by Crippen LogP contribution is 2.39. The summed E-state index contributed by atoms with van der Waals surface area (Å²) in [6.45, 7) is 4.47. The van der Waals surface area contributed by atoms with Gasteiger partial charge in [-0.05, 0) is 19.4 Å². The summed E-state index contributed by atoms with van der Waals surface area (Å²) < 4.78 is 25.7. The first-order valence-electron chi connectivity index (χ1n) is 8.70. The molecule has 3 heterocycles. The van der Waals surface area contributed by atoms with E-state index in [-0.39, 0.29) is 24.9 Å². The molecule has 1 aromatic carbocycles. The predicted molar refractivity (Wildman–Crippen MR) is 89.7 cm³/mol. The number of fused-ring (bicyclic) bond motifs is 1. The van der Waals surface area contributed by atoms with Crippen LogP contribution >= 0.6 is 0 Å². The van der Waals surface area contributed by atoms with Crippen LogP contribution in [0.1, 0.15) is 25.1 Å². The summed E-state index contributed by atoms with van der Waals surface area (Å²) in [5.41, 5.74) is 1.59. The zero-order valence-corrected chi connectivity index (χ0v) is 14.8. The molecule has 0 unspecified atom stereocenters. The topological polar surface area (TPSA) is 87.9 Å². The quantitative estimate of drug-likeness (QED) is 0.828. The third kappa shape index (κ3) is 3.65. The molecule has 0 amide bonds. The molecule has 2 saturated heterocycles. The van der Waals surface area contributed by atoms with Crippen LogP contribution in [-0.4, -0.2) is 50.5 Å². The number of ether oxygens (including phenoxy) is 4. The van der Waals surface area contributed by atoms with Crippen LogP contribution < -0.4 is 0 Å². The largest absolute Gasteiger partial charge is 0.390 e. The van der Waals surface area contributed by atoms with Crippen molar-refractivity contribution in [1.82, 2.24) is 15.0 Å². The smallest absolute Gasteiger partial charge is 0.190 e. The lowest BCUT2D eigenvalue weighted by Gasteiger charge is -2.26. The van der Waals surface area contributed by atoms with Crippen molar-refractivity contribution in [3.63, 3.8) is 0 Å². The number of hydrogen-bond acceptors (Lipinski definition) is 7. The average molecular weight is 361 g/mol. The van der Waals surface area contributed by atoms with Gasteiger partial charge >= 0.3 is 0 Å². The molecule has 4 atom stereocenters. The molecule has 2 fully saturated rings. The van der Waals surface area contributed by atoms with E-state index in [0.717, 1.165) is 5.56 Å². The van der Waals surface area contributed by atoms with Crippen molar-refractivity contribution in [2.45, 2.75) is 64.0 Å². The minimum atomic E-state index is -0.702. The second kappa shape index (κ2) is 7.05. The van der Waals surface area contributed by atoms with Gasteiger partial charge in [0, 0.05) is 0 Å². The number of aliphatic hydroxyl groups excluding tert-OH is 1. The summed E-state index contributed by atoms with van der Waals surface area (Å²) in [5, 5.41) is 17.1. The Morgan fingerprint density at radius 2 is 2.04 bits per heavy atom. The first-order chi connectivity index (χ1) is 12.5. The predicted octanol–water partition coefficient (Wildman–Crippen LogP) is 1.23. The van der Waals surface area contributed by atoms with Crippen molar-refractivity contribution in [2.75, 3.05) is 0 Å². The van der Waals surface area contributed by atoms with Gasteiger partial charge in [0.05, 0.1) is 26.0 Å². The normalized spacial score (nSPS) is 29.8. The fourth-order valence-corrected chi connectivity index (χ4v) is 3.35. The van der Waals surface area contributed by atoms with Crippen molar-refractivity contribution in [3.8, 4) is 0 Å². The van der Waals surface area contributed by atoms with Gasteiger partial charge in [-0.2, -0.15) is 0 Å². The molecule has 26 heavy (non-hydrogen) atoms. The Morgan fingerprint density at radius 1 is 1.23 bits per heavy atom. The van der Waals surface area contributed by atoms with Crippen LogP contribution in [0.3, 0.4) is 0 Å². The lowest BCUT2D eigenvalue weighted by molar-refractivity contribution is -0.220. The molecule has 1 aromatic heterocycles. The van der Waals surface area contributed by atoms with Gasteiger partial charge in [-0.25, -0.2) is 4.68 Å². The van der Waals surface area contributed by atoms with E-state index >= 15 is 0 Å². The number of nitrogens with zero attached hydrogens (tertiary/aromatic N) is 3. The van der Waals surface area contributed by atoms with Crippen molar-refractivity contribution in [1.29, 1.82) is 0 Å². The molecule has 2 aliphatic rings. The molecule has 1 N–H and O–H groups in total. The molecule has 0 spiro atoms. The van der Waals surface area contributed by atoms with Crippen LogP contribution in [0.15, 0.2) is 36.5 Å². The first kappa shape index (κ1) is 17.6. The summed E-state index contributed by atoms with van der Waals surface area (Å²) in [6.07, 6.45) is 0.315. The van der Waals surface area contributed by atoms with E-state index in [9.17, 15) is 0 Å². The summed E-state index contributed by atoms with van der Waals surface area (Å²) >= 11 is 0. The van der Waals surface area contributed by atoms with Crippen LogP contribution in [0.2, 0.25) is 0 Å². The molecule has 0 bridgehead atoms. The second-order valence-electron chi connectivity index (χ2n) is 6.99. The van der Waals surface area contributed by atoms with E-state index < -0.39 is 12.1 Å². The van der Waals surface area contributed by atoms with Gasteiger partial charge in [-0.3, -0.25) is 0 Å². The Hall–Kier alpha value is -1.84. The third-order valence-electron chi connectivity index (χ3n) is 4.49. The Labute approximate surface area is 151 Å². The first-order valence-corrected chi connectivity index (χ1v) is 8.70. The molecule has 2 aromatic rings. The van der Waals surface area contributed by atoms with Gasteiger partial charge in [0.1, 0.15) is 24.0 Å². The molecular weight excluding hydrogens is 338 g/mol. The average Bonchev–Trinajstić information content (AvgIpc) is 3.27.